The van der Waals surface area contributed by atoms with E-state index in [-0.39, 0.29) is 0 Å². The zero-order chi connectivity index (χ0) is 10.6. The molecule has 0 aliphatic rings. The lowest BCUT2D eigenvalue weighted by Crippen LogP contribution is -1.98. The predicted octanol–water partition coefficient (Wildman–Crippen LogP) is 4.75. The fourth-order valence-corrected chi connectivity index (χ4v) is 1.77. The zero-order valence-corrected chi connectivity index (χ0v) is 12.9. The molecule has 0 aromatic rings. The first kappa shape index (κ1) is 14.6. The number of hydrogen-bond donors (Lipinski definition) is 0. The van der Waals surface area contributed by atoms with Gasteiger partial charge >= 0.3 is 0 Å². The Kier molecular flexibility index (Phi) is 12.1. The lowest BCUT2D eigenvalue weighted by atomic mass is 9.95. The first-order valence-electron chi connectivity index (χ1n) is 5.02. The highest BCUT2D eigenvalue weighted by atomic mass is 127. The highest BCUT2D eigenvalue weighted by Crippen LogP contribution is 2.16. The summed E-state index contributed by atoms with van der Waals surface area (Å²) in [6.45, 7) is 2.24. The van der Waals surface area contributed by atoms with E-state index in [2.05, 4.69) is 71.8 Å². The summed E-state index contributed by atoms with van der Waals surface area (Å²) < 4.78 is 5.87. The van der Waals surface area contributed by atoms with Crippen LogP contribution in [0.1, 0.15) is 45.4 Å². The largest absolute Gasteiger partial charge is 0.0915 e. The minimum Gasteiger partial charge on any atom is -0.0915 e. The van der Waals surface area contributed by atoms with E-state index in [1.165, 1.54) is 25.7 Å². The van der Waals surface area contributed by atoms with Gasteiger partial charge in [0.05, 0.1) is 0 Å². The van der Waals surface area contributed by atoms with Crippen molar-refractivity contribution < 1.29 is 0 Å². The average molecular weight is 414 g/mol. The summed E-state index contributed by atoms with van der Waals surface area (Å²) in [5, 5.41) is 0. The van der Waals surface area contributed by atoms with Gasteiger partial charge < -0.3 is 0 Å². The number of rotatable bonds is 6. The van der Waals surface area contributed by atoms with Crippen molar-refractivity contribution in [2.75, 3.05) is 0 Å². The Hall–Kier alpha value is 0.580. The second kappa shape index (κ2) is 11.7. The topological polar surface area (TPSA) is 0 Å². The molecule has 14 heavy (non-hydrogen) atoms. The predicted molar refractivity (Wildman–Crippen MR) is 80.5 cm³/mol. The summed E-state index contributed by atoms with van der Waals surface area (Å²) in [5.74, 6) is 6.99. The van der Waals surface area contributed by atoms with Crippen molar-refractivity contribution in [3.8, 4) is 19.7 Å². The molecule has 78 valence electrons. The van der Waals surface area contributed by atoms with E-state index in [4.69, 9.17) is 0 Å². The third kappa shape index (κ3) is 9.15. The van der Waals surface area contributed by atoms with Gasteiger partial charge in [0.2, 0.25) is 0 Å². The lowest BCUT2D eigenvalue weighted by Gasteiger charge is -2.09. The van der Waals surface area contributed by atoms with Crippen LogP contribution in [-0.4, -0.2) is 0 Å². The van der Waals surface area contributed by atoms with E-state index < -0.39 is 0 Å². The zero-order valence-electron chi connectivity index (χ0n) is 8.58. The quantitative estimate of drug-likeness (QED) is 0.334. The molecule has 0 amide bonds. The van der Waals surface area contributed by atoms with Gasteiger partial charge in [-0.15, -0.1) is 0 Å². The molecule has 0 saturated heterocycles. The van der Waals surface area contributed by atoms with Crippen molar-refractivity contribution >= 4 is 45.2 Å². The molecule has 0 aliphatic heterocycles. The first-order valence-corrected chi connectivity index (χ1v) is 7.17. The van der Waals surface area contributed by atoms with Gasteiger partial charge in [0, 0.05) is 58.0 Å². The van der Waals surface area contributed by atoms with Crippen LogP contribution in [-0.2, 0) is 0 Å². The van der Waals surface area contributed by atoms with Crippen molar-refractivity contribution in [2.24, 2.45) is 5.92 Å². The summed E-state index contributed by atoms with van der Waals surface area (Å²) in [6.07, 6.45) is 7.27. The van der Waals surface area contributed by atoms with Crippen LogP contribution in [0, 0.1) is 25.6 Å². The van der Waals surface area contributed by atoms with Gasteiger partial charge in [-0.3, -0.25) is 0 Å². The van der Waals surface area contributed by atoms with Gasteiger partial charge in [-0.2, -0.15) is 0 Å². The highest BCUT2D eigenvalue weighted by molar-refractivity contribution is 14.1. The second-order valence-electron chi connectivity index (χ2n) is 3.31. The summed E-state index contributed by atoms with van der Waals surface area (Å²) in [5.41, 5.74) is 0. The molecule has 0 fully saturated rings. The fraction of sp³-hybridized carbons (Fsp3) is 0.667. The molecule has 0 atom stereocenters. The molecule has 0 saturated carbocycles. The van der Waals surface area contributed by atoms with E-state index in [1.807, 2.05) is 0 Å². The molecule has 0 N–H and O–H groups in total. The molecule has 0 heterocycles. The molecule has 0 aromatic heterocycles. The highest BCUT2D eigenvalue weighted by Gasteiger charge is 2.04. The summed E-state index contributed by atoms with van der Waals surface area (Å²) in [6, 6.07) is 0. The molecule has 0 bridgehead atoms. The molecule has 0 unspecified atom stereocenters. The van der Waals surface area contributed by atoms with Crippen molar-refractivity contribution in [2.45, 2.75) is 45.4 Å². The van der Waals surface area contributed by atoms with Gasteiger partial charge in [0.15, 0.2) is 0 Å². The van der Waals surface area contributed by atoms with Gasteiger partial charge in [0.1, 0.15) is 0 Å². The molecule has 0 radical (unpaired) electrons. The van der Waals surface area contributed by atoms with Crippen LogP contribution >= 0.6 is 45.2 Å². The van der Waals surface area contributed by atoms with Crippen LogP contribution in [0.3, 0.4) is 0 Å². The fourth-order valence-electron chi connectivity index (χ4n) is 1.33. The molecule has 0 aliphatic carbocycles. The molecule has 0 aromatic carbocycles. The molecule has 0 rings (SSSR count). The Labute approximate surface area is 115 Å². The monoisotopic (exact) mass is 414 g/mol. The Bertz CT molecular complexity index is 215. The van der Waals surface area contributed by atoms with E-state index >= 15 is 0 Å². The maximum atomic E-state index is 3.15. The first-order chi connectivity index (χ1) is 6.85. The molecular formula is C12H16I2. The molecule has 0 spiro atoms. The summed E-state index contributed by atoms with van der Waals surface area (Å²) >= 11 is 4.21. The third-order valence-electron chi connectivity index (χ3n) is 2.13. The summed E-state index contributed by atoms with van der Waals surface area (Å²) in [7, 11) is 0. The van der Waals surface area contributed by atoms with Crippen molar-refractivity contribution in [1.82, 2.24) is 0 Å². The smallest absolute Gasteiger partial charge is 0.0181 e. The van der Waals surface area contributed by atoms with Crippen molar-refractivity contribution in [3.63, 3.8) is 0 Å². The molecular weight excluding hydrogens is 398 g/mol. The van der Waals surface area contributed by atoms with Crippen LogP contribution in [0.2, 0.25) is 0 Å². The average Bonchev–Trinajstić information content (AvgIpc) is 2.21. The number of unbranched alkanes of at least 4 members (excludes halogenated alkanes) is 2. The maximum absolute atomic E-state index is 3.15. The Balaban J connectivity index is 3.79. The van der Waals surface area contributed by atoms with Crippen molar-refractivity contribution in [1.29, 1.82) is 0 Å². The van der Waals surface area contributed by atoms with E-state index in [0.717, 1.165) is 12.8 Å². The minimum atomic E-state index is 0.686. The number of hydrogen-bond acceptors (Lipinski definition) is 0. The maximum Gasteiger partial charge on any atom is 0.0181 e. The Morgan fingerprint density at radius 1 is 1.00 bits per heavy atom. The van der Waals surface area contributed by atoms with E-state index in [9.17, 15) is 0 Å². The number of halogens is 2. The van der Waals surface area contributed by atoms with E-state index in [0.29, 0.717) is 5.92 Å². The second-order valence-corrected chi connectivity index (χ2v) is 4.39. The standard InChI is InChI=1S/C12H16I2/c1-2-3-4-7-12(8-5-10-13)9-6-11-14/h12H,2-4,7-9H2,1H3. The van der Waals surface area contributed by atoms with Gasteiger partial charge in [-0.25, -0.2) is 0 Å². The minimum absolute atomic E-state index is 0.686. The van der Waals surface area contributed by atoms with Gasteiger partial charge in [0.25, 0.3) is 0 Å². The van der Waals surface area contributed by atoms with Gasteiger partial charge in [-0.1, -0.05) is 38.0 Å². The SMILES string of the molecule is CCCCCC(CC#CI)CC#CI. The summed E-state index contributed by atoms with van der Waals surface area (Å²) in [4.78, 5) is 0. The lowest BCUT2D eigenvalue weighted by molar-refractivity contribution is 0.478. The van der Waals surface area contributed by atoms with Crippen molar-refractivity contribution in [3.05, 3.63) is 0 Å². The Morgan fingerprint density at radius 3 is 2.00 bits per heavy atom. The Morgan fingerprint density at radius 2 is 1.57 bits per heavy atom. The van der Waals surface area contributed by atoms with Crippen LogP contribution in [0.5, 0.6) is 0 Å². The molecule has 2 heteroatoms. The van der Waals surface area contributed by atoms with Crippen LogP contribution < -0.4 is 0 Å². The molecule has 0 nitrogen and oxygen atoms in total. The van der Waals surface area contributed by atoms with Gasteiger partial charge in [-0.05, 0) is 20.2 Å². The van der Waals surface area contributed by atoms with Crippen LogP contribution in [0.4, 0.5) is 0 Å². The third-order valence-corrected chi connectivity index (χ3v) is 2.89. The van der Waals surface area contributed by atoms with Crippen LogP contribution in [0.15, 0.2) is 0 Å². The van der Waals surface area contributed by atoms with Crippen LogP contribution in [0.25, 0.3) is 0 Å². The van der Waals surface area contributed by atoms with E-state index in [1.54, 1.807) is 0 Å². The normalized spacial score (nSPS) is 8.86.